The fourth-order valence-corrected chi connectivity index (χ4v) is 6.86. The van der Waals surface area contributed by atoms with Gasteiger partial charge < -0.3 is 4.42 Å². The third-order valence-electron chi connectivity index (χ3n) is 9.24. The number of benzene rings is 7. The smallest absolute Gasteiger partial charge is 0.160 e. The molecule has 0 radical (unpaired) electrons. The molecular weight excluding hydrogens is 572 g/mol. The van der Waals surface area contributed by atoms with Crippen molar-refractivity contribution >= 4 is 60.7 Å². The first-order valence-corrected chi connectivity index (χ1v) is 16.0. The Morgan fingerprint density at radius 1 is 0.489 bits per heavy atom. The number of hydrogen-bond donors (Lipinski definition) is 0. The number of furan rings is 1. The van der Waals surface area contributed by atoms with Crippen LogP contribution in [0.4, 0.5) is 0 Å². The largest absolute Gasteiger partial charge is 0.456 e. The topological polar surface area (TPSA) is 37.9 Å². The summed E-state index contributed by atoms with van der Waals surface area (Å²) in [5.41, 5.74) is 10.4. The molecule has 0 bridgehead atoms. The van der Waals surface area contributed by atoms with Crippen molar-refractivity contribution < 1.29 is 4.42 Å². The molecule has 0 spiro atoms. The Morgan fingerprint density at radius 3 is 2.02 bits per heavy atom. The van der Waals surface area contributed by atoms with Crippen LogP contribution in [-0.4, -0.2) is 11.5 Å². The van der Waals surface area contributed by atoms with Gasteiger partial charge in [-0.1, -0.05) is 121 Å². The minimum Gasteiger partial charge on any atom is -0.456 e. The molecule has 0 saturated carbocycles. The lowest BCUT2D eigenvalue weighted by atomic mass is 9.95. The van der Waals surface area contributed by atoms with Gasteiger partial charge in [0.05, 0.1) is 11.4 Å². The number of hydrogen-bond acceptors (Lipinski definition) is 3. The first kappa shape index (κ1) is 27.3. The molecule has 3 heteroatoms. The van der Waals surface area contributed by atoms with Gasteiger partial charge in [0, 0.05) is 28.3 Å². The highest BCUT2D eigenvalue weighted by molar-refractivity contribution is 6.23. The second-order valence-corrected chi connectivity index (χ2v) is 12.3. The van der Waals surface area contributed by atoms with Gasteiger partial charge in [0.2, 0.25) is 0 Å². The van der Waals surface area contributed by atoms with Crippen LogP contribution in [0.3, 0.4) is 0 Å². The molecular formula is C44H30N2O. The Bertz CT molecular complexity index is 2600. The Hall–Kier alpha value is -6.06. The molecule has 8 aromatic rings. The lowest BCUT2D eigenvalue weighted by Gasteiger charge is -2.10. The number of aliphatic imine (C=N–C) groups is 2. The van der Waals surface area contributed by atoms with Gasteiger partial charge in [0.1, 0.15) is 11.2 Å². The summed E-state index contributed by atoms with van der Waals surface area (Å²) >= 11 is 0. The van der Waals surface area contributed by atoms with Crippen LogP contribution < -0.4 is 0 Å². The molecule has 0 aliphatic carbocycles. The highest BCUT2D eigenvalue weighted by Gasteiger charge is 2.21. The number of nitrogens with zero attached hydrogens (tertiary/aromatic N) is 2. The molecule has 0 amide bonds. The molecule has 0 fully saturated rings. The zero-order chi connectivity index (χ0) is 31.3. The maximum Gasteiger partial charge on any atom is 0.160 e. The van der Waals surface area contributed by atoms with Gasteiger partial charge in [-0.05, 0) is 81.1 Å². The molecule has 7 aromatic carbocycles. The van der Waals surface area contributed by atoms with Crippen molar-refractivity contribution in [3.8, 4) is 11.1 Å². The summed E-state index contributed by atoms with van der Waals surface area (Å²) in [6.45, 7) is 2.19. The quantitative estimate of drug-likeness (QED) is 0.197. The Balaban J connectivity index is 1.25. The highest BCUT2D eigenvalue weighted by Crippen LogP contribution is 2.35. The molecule has 1 aromatic heterocycles. The van der Waals surface area contributed by atoms with E-state index in [1.54, 1.807) is 0 Å². The molecule has 3 nitrogen and oxygen atoms in total. The van der Waals surface area contributed by atoms with Gasteiger partial charge in [-0.25, -0.2) is 9.98 Å². The number of rotatable bonds is 4. The van der Waals surface area contributed by atoms with E-state index in [4.69, 9.17) is 14.4 Å². The molecule has 222 valence electrons. The SMILES string of the molecule is CC1=C(c2ccc3ccccc3c2)N=C(c2cccc3oc4ccccc4c23)N=C(c2ccc3ccc(-c4ccccc4)cc3c2)C1. The second kappa shape index (κ2) is 11.1. The van der Waals surface area contributed by atoms with Crippen LogP contribution in [0, 0.1) is 0 Å². The Kier molecular flexibility index (Phi) is 6.43. The van der Waals surface area contributed by atoms with Crippen LogP contribution >= 0.6 is 0 Å². The average Bonchev–Trinajstić information content (AvgIpc) is 3.42. The monoisotopic (exact) mass is 602 g/mol. The predicted molar refractivity (Wildman–Crippen MR) is 197 cm³/mol. The van der Waals surface area contributed by atoms with Crippen molar-refractivity contribution in [3.05, 3.63) is 174 Å². The van der Waals surface area contributed by atoms with Crippen LogP contribution in [0.5, 0.6) is 0 Å². The number of amidine groups is 1. The van der Waals surface area contributed by atoms with Crippen molar-refractivity contribution in [3.63, 3.8) is 0 Å². The standard InChI is InChI=1S/C44H30N2O/c1-28-24-39(34-22-19-31-18-21-33(26-36(31)27-34)29-10-3-2-4-11-29)45-44(46-43(28)35-23-20-30-12-5-6-13-32(30)25-35)38-15-9-17-41-42(38)37-14-7-8-16-40(37)47-41/h2-23,25-27H,24H2,1H3. The van der Waals surface area contributed by atoms with Crippen LogP contribution in [-0.2, 0) is 0 Å². The average molecular weight is 603 g/mol. The van der Waals surface area contributed by atoms with E-state index in [0.29, 0.717) is 12.3 Å². The lowest BCUT2D eigenvalue weighted by molar-refractivity contribution is 0.669. The van der Waals surface area contributed by atoms with Crippen molar-refractivity contribution in [2.24, 2.45) is 9.98 Å². The summed E-state index contributed by atoms with van der Waals surface area (Å²) in [5, 5.41) is 6.90. The molecule has 0 N–H and O–H groups in total. The molecule has 0 saturated heterocycles. The van der Waals surface area contributed by atoms with Crippen LogP contribution in [0.1, 0.15) is 30.0 Å². The first-order chi connectivity index (χ1) is 23.2. The fraction of sp³-hybridized carbons (Fsp3) is 0.0455. The maximum atomic E-state index is 6.29. The van der Waals surface area contributed by atoms with Gasteiger partial charge in [0.15, 0.2) is 5.84 Å². The van der Waals surface area contributed by atoms with Gasteiger partial charge in [-0.15, -0.1) is 0 Å². The Morgan fingerprint density at radius 2 is 1.15 bits per heavy atom. The third kappa shape index (κ3) is 4.84. The van der Waals surface area contributed by atoms with Gasteiger partial charge in [0.25, 0.3) is 0 Å². The fourth-order valence-electron chi connectivity index (χ4n) is 6.86. The number of allylic oxidation sites excluding steroid dienone is 1. The lowest BCUT2D eigenvalue weighted by Crippen LogP contribution is -2.06. The second-order valence-electron chi connectivity index (χ2n) is 12.3. The predicted octanol–water partition coefficient (Wildman–Crippen LogP) is 11.6. The summed E-state index contributed by atoms with van der Waals surface area (Å²) in [7, 11) is 0. The van der Waals surface area contributed by atoms with Crippen molar-refractivity contribution in [2.75, 3.05) is 0 Å². The zero-order valence-corrected chi connectivity index (χ0v) is 25.9. The van der Waals surface area contributed by atoms with E-state index in [-0.39, 0.29) is 0 Å². The van der Waals surface area contributed by atoms with E-state index >= 15 is 0 Å². The summed E-state index contributed by atoms with van der Waals surface area (Å²) < 4.78 is 6.29. The van der Waals surface area contributed by atoms with E-state index < -0.39 is 0 Å². The summed E-state index contributed by atoms with van der Waals surface area (Å²) in [6, 6.07) is 53.4. The maximum absolute atomic E-state index is 6.29. The molecule has 1 aliphatic rings. The van der Waals surface area contributed by atoms with E-state index in [1.165, 1.54) is 38.2 Å². The van der Waals surface area contributed by atoms with Crippen molar-refractivity contribution in [1.82, 2.24) is 0 Å². The van der Waals surface area contributed by atoms with Crippen molar-refractivity contribution in [2.45, 2.75) is 13.3 Å². The Labute approximate surface area is 272 Å². The van der Waals surface area contributed by atoms with Crippen LogP contribution in [0.25, 0.3) is 60.3 Å². The molecule has 2 heterocycles. The van der Waals surface area contributed by atoms with Gasteiger partial charge >= 0.3 is 0 Å². The van der Waals surface area contributed by atoms with Crippen LogP contribution in [0.15, 0.2) is 172 Å². The first-order valence-electron chi connectivity index (χ1n) is 16.0. The molecule has 1 aliphatic heterocycles. The minimum absolute atomic E-state index is 0.682. The third-order valence-corrected chi connectivity index (χ3v) is 9.24. The summed E-state index contributed by atoms with van der Waals surface area (Å²) in [5.74, 6) is 0.690. The molecule has 0 unspecified atom stereocenters. The number of fused-ring (bicyclic) bond motifs is 5. The molecule has 47 heavy (non-hydrogen) atoms. The van der Waals surface area contributed by atoms with Crippen molar-refractivity contribution in [1.29, 1.82) is 0 Å². The van der Waals surface area contributed by atoms with Gasteiger partial charge in [-0.3, -0.25) is 0 Å². The van der Waals surface area contributed by atoms with E-state index in [1.807, 2.05) is 24.3 Å². The summed E-state index contributed by atoms with van der Waals surface area (Å²) in [4.78, 5) is 10.8. The van der Waals surface area contributed by atoms with E-state index in [9.17, 15) is 0 Å². The molecule has 9 rings (SSSR count). The molecule has 0 atom stereocenters. The summed E-state index contributed by atoms with van der Waals surface area (Å²) in [6.07, 6.45) is 0.682. The van der Waals surface area contributed by atoms with Crippen LogP contribution in [0.2, 0.25) is 0 Å². The minimum atomic E-state index is 0.682. The van der Waals surface area contributed by atoms with E-state index in [0.717, 1.165) is 50.0 Å². The highest BCUT2D eigenvalue weighted by atomic mass is 16.3. The van der Waals surface area contributed by atoms with Gasteiger partial charge in [-0.2, -0.15) is 0 Å². The number of para-hydroxylation sites is 1. The normalized spacial score (nSPS) is 13.7. The van der Waals surface area contributed by atoms with E-state index in [2.05, 4.69) is 134 Å². The zero-order valence-electron chi connectivity index (χ0n) is 25.9.